The molecule has 0 atom stereocenters. The van der Waals surface area contributed by atoms with E-state index >= 15 is 0 Å². The number of allylic oxidation sites excluding steroid dienone is 4. The van der Waals surface area contributed by atoms with Crippen molar-refractivity contribution in [2.24, 2.45) is 0 Å². The normalized spacial score (nSPS) is 13.0. The van der Waals surface area contributed by atoms with Gasteiger partial charge in [-0.25, -0.2) is 14.6 Å². The molecular weight excluding hydrogens is 767 g/mol. The van der Waals surface area contributed by atoms with Crippen molar-refractivity contribution in [1.29, 1.82) is 0 Å². The molecule has 8 bridgehead atoms. The smallest absolute Gasteiger partial charge is 0.137 e. The van der Waals surface area contributed by atoms with Gasteiger partial charge in [-0.2, -0.15) is 0 Å². The predicted octanol–water partition coefficient (Wildman–Crippen LogP) is 14.2. The van der Waals surface area contributed by atoms with Crippen LogP contribution in [0.1, 0.15) is 51.6 Å². The van der Waals surface area contributed by atoms with E-state index in [0.29, 0.717) is 0 Å². The second kappa shape index (κ2) is 15.0. The summed E-state index contributed by atoms with van der Waals surface area (Å²) in [5.41, 5.74) is 19.7. The zero-order valence-electron chi connectivity index (χ0n) is 33.9. The van der Waals surface area contributed by atoms with Crippen LogP contribution in [0.2, 0.25) is 0 Å². The van der Waals surface area contributed by atoms with Gasteiger partial charge in [-0.1, -0.05) is 125 Å². The molecule has 0 unspecified atom stereocenters. The summed E-state index contributed by atoms with van der Waals surface area (Å²) in [6.07, 6.45) is 17.7. The van der Waals surface area contributed by atoms with Gasteiger partial charge in [-0.05, 0) is 116 Å². The third-order valence-corrected chi connectivity index (χ3v) is 12.7. The van der Waals surface area contributed by atoms with Gasteiger partial charge in [0.2, 0.25) is 0 Å². The summed E-state index contributed by atoms with van der Waals surface area (Å²) in [6, 6.07) is 43.1. The maximum absolute atomic E-state index is 6.98. The van der Waals surface area contributed by atoms with Gasteiger partial charge in [-0.3, -0.25) is 0 Å². The Hall–Kier alpha value is -7.48. The number of thiophene rings is 1. The van der Waals surface area contributed by atoms with Gasteiger partial charge in [0, 0.05) is 20.5 Å². The molecule has 6 nitrogen and oxygen atoms in total. The summed E-state index contributed by atoms with van der Waals surface area (Å²) in [6.45, 7) is 6.34. The van der Waals surface area contributed by atoms with Crippen molar-refractivity contribution < 1.29 is 4.42 Å². The van der Waals surface area contributed by atoms with Gasteiger partial charge in [0.05, 0.1) is 45.8 Å². The van der Waals surface area contributed by atoms with Crippen LogP contribution in [0.5, 0.6) is 0 Å². The van der Waals surface area contributed by atoms with E-state index in [1.807, 2.05) is 10.9 Å². The van der Waals surface area contributed by atoms with E-state index in [1.165, 1.54) is 22.3 Å². The lowest BCUT2D eigenvalue weighted by Gasteiger charge is -2.07. The number of furan rings is 1. The largest absolute Gasteiger partial charge is 0.456 e. The highest BCUT2D eigenvalue weighted by molar-refractivity contribution is 7.24. The van der Waals surface area contributed by atoms with Crippen LogP contribution in [0.3, 0.4) is 0 Å². The molecule has 0 radical (unpaired) electrons. The van der Waals surface area contributed by atoms with E-state index in [9.17, 15) is 0 Å². The number of benzene rings is 4. The fraction of sp³-hybridized carbons (Fsp3) is 0.0741. The molecule has 0 N–H and O–H groups in total. The summed E-state index contributed by atoms with van der Waals surface area (Å²) in [4.78, 5) is 10.9. The number of hydrogen-bond donors (Lipinski definition) is 0. The first-order valence-electron chi connectivity index (χ1n) is 20.5. The maximum Gasteiger partial charge on any atom is 0.137 e. The molecule has 11 rings (SSSR count). The first-order valence-corrected chi connectivity index (χ1v) is 21.3. The lowest BCUT2D eigenvalue weighted by Crippen LogP contribution is -1.94. The zero-order chi connectivity index (χ0) is 41.0. The van der Waals surface area contributed by atoms with Crippen LogP contribution in [-0.4, -0.2) is 25.0 Å². The molecular formula is C54H39N5OS. The molecule has 7 heteroatoms. The van der Waals surface area contributed by atoms with Crippen LogP contribution in [0.4, 0.5) is 0 Å². The molecule has 61 heavy (non-hydrogen) atoms. The van der Waals surface area contributed by atoms with Crippen LogP contribution < -0.4 is 0 Å². The summed E-state index contributed by atoms with van der Waals surface area (Å²) >= 11 is 1.76. The lowest BCUT2D eigenvalue weighted by atomic mass is 10.0. The molecule has 1 aliphatic carbocycles. The van der Waals surface area contributed by atoms with Crippen LogP contribution >= 0.6 is 11.3 Å². The molecule has 3 aliphatic rings. The number of fused-ring (bicyclic) bond motifs is 8. The number of rotatable bonds is 6. The van der Waals surface area contributed by atoms with Gasteiger partial charge in [-0.15, -0.1) is 16.4 Å². The predicted molar refractivity (Wildman–Crippen MR) is 253 cm³/mol. The van der Waals surface area contributed by atoms with E-state index in [4.69, 9.17) is 14.4 Å². The molecule has 4 aromatic carbocycles. The molecule has 6 heterocycles. The SMILES string of the molecule is Cc1ccc(-c2c3nc(c(-c4ccc(C)cc4)c4ccc(s4)c(-c4ccc(-n5cc(C6=CC=CC6)nn5)cc4)c4nc(c(-c5ccc(C)cc5)c5ccc2o5)C=C4)C=C3)cc1. The van der Waals surface area contributed by atoms with Crippen LogP contribution in [0.25, 0.3) is 101 Å². The minimum absolute atomic E-state index is 0.736. The van der Waals surface area contributed by atoms with Crippen LogP contribution in [0, 0.1) is 20.8 Å². The Morgan fingerprint density at radius 2 is 0.951 bits per heavy atom. The summed E-state index contributed by atoms with van der Waals surface area (Å²) in [5.74, 6) is 0. The van der Waals surface area contributed by atoms with E-state index in [1.54, 1.807) is 11.3 Å². The Balaban J connectivity index is 1.21. The molecule has 292 valence electrons. The van der Waals surface area contributed by atoms with Gasteiger partial charge in [0.25, 0.3) is 0 Å². The van der Waals surface area contributed by atoms with Crippen LogP contribution in [0.15, 0.2) is 150 Å². The van der Waals surface area contributed by atoms with E-state index < -0.39 is 0 Å². The zero-order valence-corrected chi connectivity index (χ0v) is 34.7. The maximum atomic E-state index is 6.98. The average Bonchev–Trinajstić information content (AvgIpc) is 4.13. The van der Waals surface area contributed by atoms with Crippen molar-refractivity contribution in [3.63, 3.8) is 0 Å². The monoisotopic (exact) mass is 805 g/mol. The van der Waals surface area contributed by atoms with Gasteiger partial charge >= 0.3 is 0 Å². The topological polar surface area (TPSA) is 69.6 Å². The number of nitrogens with zero attached hydrogens (tertiary/aromatic N) is 5. The van der Waals surface area contributed by atoms with Gasteiger partial charge in [0.15, 0.2) is 0 Å². The minimum atomic E-state index is 0.736. The highest BCUT2D eigenvalue weighted by Gasteiger charge is 2.20. The standard InChI is InChI=1S/C54H39N5OS/c1-33-8-14-37(15-9-33)51-42-24-26-44(55-42)53(39-18-12-35(3)13-19-39)49-30-31-50(61-49)54(40-20-22-41(23-21-40)59-32-46(57-58-59)36-6-4-5-7-36)45-27-25-43(56-45)52(48-29-28-47(51)60-48)38-16-10-34(2)11-17-38/h4-6,8-32H,7H2,1-3H3. The summed E-state index contributed by atoms with van der Waals surface area (Å²) in [7, 11) is 0. The molecule has 0 fully saturated rings. The van der Waals surface area contributed by atoms with Gasteiger partial charge in [0.1, 0.15) is 16.9 Å². The highest BCUT2D eigenvalue weighted by atomic mass is 32.1. The van der Waals surface area contributed by atoms with Crippen molar-refractivity contribution in [3.05, 3.63) is 191 Å². The Morgan fingerprint density at radius 3 is 1.41 bits per heavy atom. The third-order valence-electron chi connectivity index (χ3n) is 11.5. The van der Waals surface area contributed by atoms with E-state index in [-0.39, 0.29) is 0 Å². The number of aryl methyl sites for hydroxylation is 3. The third kappa shape index (κ3) is 6.79. The van der Waals surface area contributed by atoms with Crippen molar-refractivity contribution in [1.82, 2.24) is 25.0 Å². The van der Waals surface area contributed by atoms with Crippen molar-refractivity contribution in [3.8, 4) is 50.2 Å². The fourth-order valence-electron chi connectivity index (χ4n) is 8.28. The number of aromatic nitrogens is 5. The molecule has 2 aliphatic heterocycles. The fourth-order valence-corrected chi connectivity index (χ4v) is 9.43. The Labute approximate surface area is 357 Å². The Kier molecular flexibility index (Phi) is 8.98. The molecule has 0 saturated carbocycles. The Morgan fingerprint density at radius 1 is 0.508 bits per heavy atom. The van der Waals surface area contributed by atoms with Gasteiger partial charge < -0.3 is 4.42 Å². The second-order valence-electron chi connectivity index (χ2n) is 15.8. The first-order chi connectivity index (χ1) is 29.9. The first kappa shape index (κ1) is 36.6. The summed E-state index contributed by atoms with van der Waals surface area (Å²) < 4.78 is 11.0. The van der Waals surface area contributed by atoms with Crippen molar-refractivity contribution >= 4 is 61.8 Å². The van der Waals surface area contributed by atoms with Crippen molar-refractivity contribution in [2.75, 3.05) is 0 Å². The average molecular weight is 806 g/mol. The lowest BCUT2D eigenvalue weighted by molar-refractivity contribution is 0.667. The second-order valence-corrected chi connectivity index (χ2v) is 16.9. The highest BCUT2D eigenvalue weighted by Crippen LogP contribution is 2.42. The molecule has 4 aromatic heterocycles. The summed E-state index contributed by atoms with van der Waals surface area (Å²) in [5, 5.41) is 8.95. The van der Waals surface area contributed by atoms with E-state index in [2.05, 4.69) is 195 Å². The Bertz CT molecular complexity index is 3280. The number of hydrogen-bond acceptors (Lipinski definition) is 6. The van der Waals surface area contributed by atoms with Crippen LogP contribution in [-0.2, 0) is 0 Å². The quantitative estimate of drug-likeness (QED) is 0.167. The van der Waals surface area contributed by atoms with Crippen molar-refractivity contribution in [2.45, 2.75) is 27.2 Å². The molecule has 0 saturated heterocycles. The van der Waals surface area contributed by atoms with E-state index in [0.717, 1.165) is 106 Å². The molecule has 0 amide bonds. The molecule has 0 spiro atoms. The minimum Gasteiger partial charge on any atom is -0.456 e. The molecule has 8 aromatic rings.